The van der Waals surface area contributed by atoms with E-state index in [1.807, 2.05) is 6.07 Å². The van der Waals surface area contributed by atoms with Gasteiger partial charge in [-0.05, 0) is 30.2 Å². The van der Waals surface area contributed by atoms with Crippen molar-refractivity contribution in [1.29, 1.82) is 0 Å². The molecule has 0 aromatic heterocycles. The lowest BCUT2D eigenvalue weighted by Gasteiger charge is -2.18. The van der Waals surface area contributed by atoms with Crippen LogP contribution in [0.4, 0.5) is 5.69 Å². The van der Waals surface area contributed by atoms with E-state index in [1.165, 1.54) is 14.2 Å². The van der Waals surface area contributed by atoms with Crippen molar-refractivity contribution in [3.05, 3.63) is 23.8 Å². The van der Waals surface area contributed by atoms with Gasteiger partial charge >= 0.3 is 0 Å². The molecule has 1 aromatic carbocycles. The fourth-order valence-corrected chi connectivity index (χ4v) is 1.79. The first-order valence-corrected chi connectivity index (χ1v) is 5.96. The third-order valence-corrected chi connectivity index (χ3v) is 2.96. The Hall–Kier alpha value is -2.08. The summed E-state index contributed by atoms with van der Waals surface area (Å²) in [6, 6.07) is 5.35. The van der Waals surface area contributed by atoms with Crippen molar-refractivity contribution in [2.24, 2.45) is 0 Å². The fourth-order valence-electron chi connectivity index (χ4n) is 1.79. The van der Waals surface area contributed by atoms with Crippen LogP contribution in [0.1, 0.15) is 12.0 Å². The highest BCUT2D eigenvalue weighted by atomic mass is 16.7. The zero-order valence-corrected chi connectivity index (χ0v) is 10.9. The van der Waals surface area contributed by atoms with Crippen LogP contribution in [-0.2, 0) is 20.8 Å². The van der Waals surface area contributed by atoms with E-state index in [0.717, 1.165) is 16.3 Å². The molecule has 1 heterocycles. The van der Waals surface area contributed by atoms with Crippen molar-refractivity contribution in [3.63, 3.8) is 0 Å². The number of benzene rings is 1. The molecule has 0 atom stereocenters. The third kappa shape index (κ3) is 3.23. The summed E-state index contributed by atoms with van der Waals surface area (Å²) in [6.45, 7) is -0.0878. The first kappa shape index (κ1) is 13.4. The van der Waals surface area contributed by atoms with Gasteiger partial charge < -0.3 is 10.1 Å². The number of fused-ring (bicyclic) bond motifs is 1. The SMILES string of the molecule is CON(C)C(=O)COc1ccc2c(c1)CCC(=O)N2. The summed E-state index contributed by atoms with van der Waals surface area (Å²) in [6.07, 6.45) is 1.16. The molecule has 6 nitrogen and oxygen atoms in total. The molecule has 1 aliphatic heterocycles. The Morgan fingerprint density at radius 1 is 1.42 bits per heavy atom. The number of anilines is 1. The largest absolute Gasteiger partial charge is 0.484 e. The first-order valence-electron chi connectivity index (χ1n) is 5.96. The minimum Gasteiger partial charge on any atom is -0.484 e. The maximum Gasteiger partial charge on any atom is 0.283 e. The highest BCUT2D eigenvalue weighted by molar-refractivity contribution is 5.94. The molecule has 0 fully saturated rings. The van der Waals surface area contributed by atoms with Crippen molar-refractivity contribution >= 4 is 17.5 Å². The molecular formula is C13H16N2O4. The average Bonchev–Trinajstić information content (AvgIpc) is 2.43. The summed E-state index contributed by atoms with van der Waals surface area (Å²) in [4.78, 5) is 27.5. The van der Waals surface area contributed by atoms with Crippen molar-refractivity contribution in [2.75, 3.05) is 26.1 Å². The zero-order valence-electron chi connectivity index (χ0n) is 10.9. The second-order valence-electron chi connectivity index (χ2n) is 4.23. The Bertz CT molecular complexity index is 501. The molecule has 0 spiro atoms. The van der Waals surface area contributed by atoms with Gasteiger partial charge in [-0.3, -0.25) is 14.4 Å². The van der Waals surface area contributed by atoms with Crippen LogP contribution in [0.5, 0.6) is 5.75 Å². The normalized spacial score (nSPS) is 13.5. The summed E-state index contributed by atoms with van der Waals surface area (Å²) in [7, 11) is 2.94. The van der Waals surface area contributed by atoms with Crippen LogP contribution < -0.4 is 10.1 Å². The molecule has 0 saturated carbocycles. The van der Waals surface area contributed by atoms with Crippen LogP contribution in [0, 0.1) is 0 Å². The lowest BCUT2D eigenvalue weighted by Crippen LogP contribution is -2.30. The molecule has 0 radical (unpaired) electrons. The van der Waals surface area contributed by atoms with Gasteiger partial charge in [-0.2, -0.15) is 0 Å². The number of ether oxygens (including phenoxy) is 1. The third-order valence-electron chi connectivity index (χ3n) is 2.96. The van der Waals surface area contributed by atoms with Gasteiger partial charge in [0.2, 0.25) is 5.91 Å². The number of hydroxylamine groups is 2. The van der Waals surface area contributed by atoms with Gasteiger partial charge in [0.05, 0.1) is 7.11 Å². The number of likely N-dealkylation sites (N-methyl/N-ethyl adjacent to an activating group) is 1. The number of amides is 2. The smallest absolute Gasteiger partial charge is 0.283 e. The molecule has 1 aromatic rings. The highest BCUT2D eigenvalue weighted by Gasteiger charge is 2.15. The first-order chi connectivity index (χ1) is 9.10. The number of carbonyl (C=O) groups excluding carboxylic acids is 2. The van der Waals surface area contributed by atoms with Crippen molar-refractivity contribution in [3.8, 4) is 5.75 Å². The molecule has 102 valence electrons. The van der Waals surface area contributed by atoms with Gasteiger partial charge in [0.25, 0.3) is 5.91 Å². The predicted molar refractivity (Wildman–Crippen MR) is 68.7 cm³/mol. The molecular weight excluding hydrogens is 248 g/mol. The minimum atomic E-state index is -0.270. The Labute approximate surface area is 111 Å². The number of nitrogens with zero attached hydrogens (tertiary/aromatic N) is 1. The summed E-state index contributed by atoms with van der Waals surface area (Å²) in [5, 5.41) is 3.90. The van der Waals surface area contributed by atoms with Crippen LogP contribution in [0.25, 0.3) is 0 Å². The molecule has 0 bridgehead atoms. The maximum absolute atomic E-state index is 11.5. The molecule has 0 unspecified atom stereocenters. The molecule has 0 aliphatic carbocycles. The Morgan fingerprint density at radius 2 is 2.21 bits per heavy atom. The van der Waals surface area contributed by atoms with E-state index in [9.17, 15) is 9.59 Å². The van der Waals surface area contributed by atoms with E-state index in [4.69, 9.17) is 9.57 Å². The molecule has 19 heavy (non-hydrogen) atoms. The van der Waals surface area contributed by atoms with Crippen molar-refractivity contribution in [2.45, 2.75) is 12.8 Å². The van der Waals surface area contributed by atoms with E-state index < -0.39 is 0 Å². The van der Waals surface area contributed by atoms with Gasteiger partial charge in [0.15, 0.2) is 6.61 Å². The van der Waals surface area contributed by atoms with E-state index in [2.05, 4.69) is 5.32 Å². The van der Waals surface area contributed by atoms with Crippen LogP contribution >= 0.6 is 0 Å². The van der Waals surface area contributed by atoms with Crippen LogP contribution in [0.2, 0.25) is 0 Å². The lowest BCUT2D eigenvalue weighted by atomic mass is 10.0. The zero-order chi connectivity index (χ0) is 13.8. The fraction of sp³-hybridized carbons (Fsp3) is 0.385. The van der Waals surface area contributed by atoms with Gasteiger partial charge in [-0.15, -0.1) is 0 Å². The number of aryl methyl sites for hydroxylation is 1. The molecule has 2 rings (SSSR count). The maximum atomic E-state index is 11.5. The minimum absolute atomic E-state index is 0.0260. The van der Waals surface area contributed by atoms with E-state index in [1.54, 1.807) is 12.1 Å². The number of nitrogens with one attached hydrogen (secondary N) is 1. The predicted octanol–water partition coefficient (Wildman–Crippen LogP) is 0.970. The van der Waals surface area contributed by atoms with Gasteiger partial charge in [0, 0.05) is 19.2 Å². The number of carbonyl (C=O) groups is 2. The van der Waals surface area contributed by atoms with E-state index in [-0.39, 0.29) is 18.4 Å². The average molecular weight is 264 g/mol. The molecule has 0 saturated heterocycles. The Morgan fingerprint density at radius 3 is 2.95 bits per heavy atom. The Kier molecular flexibility index (Phi) is 4.01. The molecule has 1 N–H and O–H groups in total. The van der Waals surface area contributed by atoms with E-state index >= 15 is 0 Å². The molecule has 6 heteroatoms. The number of hydrogen-bond donors (Lipinski definition) is 1. The summed E-state index contributed by atoms with van der Waals surface area (Å²) >= 11 is 0. The topological polar surface area (TPSA) is 67.9 Å². The van der Waals surface area contributed by atoms with Gasteiger partial charge in [-0.1, -0.05) is 0 Å². The number of hydrogen-bond acceptors (Lipinski definition) is 4. The van der Waals surface area contributed by atoms with Crippen LogP contribution in [-0.4, -0.2) is 37.6 Å². The van der Waals surface area contributed by atoms with Gasteiger partial charge in [-0.25, -0.2) is 5.06 Å². The summed E-state index contributed by atoms with van der Waals surface area (Å²) in [5.41, 5.74) is 1.83. The van der Waals surface area contributed by atoms with Crippen molar-refractivity contribution < 1.29 is 19.2 Å². The van der Waals surface area contributed by atoms with E-state index in [0.29, 0.717) is 18.6 Å². The van der Waals surface area contributed by atoms with Crippen molar-refractivity contribution in [1.82, 2.24) is 5.06 Å². The summed E-state index contributed by atoms with van der Waals surface area (Å²) < 4.78 is 5.40. The number of rotatable bonds is 4. The molecule has 2 amide bonds. The highest BCUT2D eigenvalue weighted by Crippen LogP contribution is 2.26. The standard InChI is InChI=1S/C13H16N2O4/c1-15(18-2)13(17)8-19-10-4-5-11-9(7-10)3-6-12(16)14-11/h4-5,7H,3,6,8H2,1-2H3,(H,14,16). The van der Waals surface area contributed by atoms with Crippen LogP contribution in [0.3, 0.4) is 0 Å². The molecule has 1 aliphatic rings. The lowest BCUT2D eigenvalue weighted by molar-refractivity contribution is -0.170. The Balaban J connectivity index is 1.99. The summed E-state index contributed by atoms with van der Waals surface area (Å²) in [5.74, 6) is 0.361. The second-order valence-corrected chi connectivity index (χ2v) is 4.23. The second kappa shape index (κ2) is 5.71. The monoisotopic (exact) mass is 264 g/mol. The quantitative estimate of drug-likeness (QED) is 0.823. The van der Waals surface area contributed by atoms with Gasteiger partial charge in [0.1, 0.15) is 5.75 Å². The van der Waals surface area contributed by atoms with Crippen LogP contribution in [0.15, 0.2) is 18.2 Å².